The molecule has 1 aliphatic rings. The number of hydrogen-bond donors (Lipinski definition) is 2. The Kier molecular flexibility index (Phi) is 5.67. The van der Waals surface area contributed by atoms with Crippen molar-refractivity contribution in [1.82, 2.24) is 10.2 Å². The van der Waals surface area contributed by atoms with E-state index in [-0.39, 0.29) is 18.6 Å². The summed E-state index contributed by atoms with van der Waals surface area (Å²) in [5, 5.41) is 12.4. The zero-order chi connectivity index (χ0) is 16.8. The largest absolute Gasteiger partial charge is 0.467 e. The van der Waals surface area contributed by atoms with Crippen molar-refractivity contribution in [3.8, 4) is 0 Å². The second-order valence-electron chi connectivity index (χ2n) is 6.27. The van der Waals surface area contributed by atoms with E-state index >= 15 is 0 Å². The standard InChI is InChI=1S/C19H24N2O3/c22-14-17-7-1-2-9-21(17)13-15-5-3-6-16(11-15)19(23)20-12-18-8-4-10-24-18/h3-6,8,10-11,17,22H,1-2,7,9,12-14H2,(H,20,23). The van der Waals surface area contributed by atoms with E-state index in [2.05, 4.69) is 10.2 Å². The fourth-order valence-electron chi connectivity index (χ4n) is 3.20. The number of aliphatic hydroxyl groups excluding tert-OH is 1. The first-order valence-electron chi connectivity index (χ1n) is 8.50. The zero-order valence-electron chi connectivity index (χ0n) is 13.8. The molecule has 1 amide bonds. The lowest BCUT2D eigenvalue weighted by molar-refractivity contribution is 0.0840. The molecule has 0 aliphatic carbocycles. The topological polar surface area (TPSA) is 65.7 Å². The average molecular weight is 328 g/mol. The third-order valence-electron chi connectivity index (χ3n) is 4.54. The fraction of sp³-hybridized carbons (Fsp3) is 0.421. The van der Waals surface area contributed by atoms with E-state index in [1.54, 1.807) is 12.3 Å². The van der Waals surface area contributed by atoms with Crippen LogP contribution in [0.5, 0.6) is 0 Å². The van der Waals surface area contributed by atoms with Crippen LogP contribution in [0.1, 0.15) is 40.9 Å². The highest BCUT2D eigenvalue weighted by Gasteiger charge is 2.21. The fourth-order valence-corrected chi connectivity index (χ4v) is 3.20. The van der Waals surface area contributed by atoms with Crippen LogP contribution in [-0.2, 0) is 13.1 Å². The minimum absolute atomic E-state index is 0.106. The summed E-state index contributed by atoms with van der Waals surface area (Å²) >= 11 is 0. The Morgan fingerprint density at radius 1 is 1.29 bits per heavy atom. The highest BCUT2D eigenvalue weighted by atomic mass is 16.3. The number of piperidine rings is 1. The van der Waals surface area contributed by atoms with E-state index in [1.165, 1.54) is 12.8 Å². The SMILES string of the molecule is O=C(NCc1ccco1)c1cccc(CN2CCCCC2CO)c1. The van der Waals surface area contributed by atoms with Crippen LogP contribution >= 0.6 is 0 Å². The first-order valence-corrected chi connectivity index (χ1v) is 8.50. The van der Waals surface area contributed by atoms with Crippen molar-refractivity contribution in [2.75, 3.05) is 13.2 Å². The predicted molar refractivity (Wildman–Crippen MR) is 91.5 cm³/mol. The molecule has 1 aliphatic heterocycles. The maximum Gasteiger partial charge on any atom is 0.251 e. The van der Waals surface area contributed by atoms with Crippen LogP contribution < -0.4 is 5.32 Å². The molecule has 2 heterocycles. The summed E-state index contributed by atoms with van der Waals surface area (Å²) in [5.41, 5.74) is 1.75. The lowest BCUT2D eigenvalue weighted by Crippen LogP contribution is -2.41. The van der Waals surface area contributed by atoms with Gasteiger partial charge in [0.05, 0.1) is 19.4 Å². The van der Waals surface area contributed by atoms with Crippen molar-refractivity contribution in [3.05, 3.63) is 59.5 Å². The van der Waals surface area contributed by atoms with Crippen molar-refractivity contribution >= 4 is 5.91 Å². The number of rotatable bonds is 6. The average Bonchev–Trinajstić information content (AvgIpc) is 3.14. The summed E-state index contributed by atoms with van der Waals surface area (Å²) in [6.45, 7) is 2.35. The molecular weight excluding hydrogens is 304 g/mol. The first-order chi connectivity index (χ1) is 11.8. The minimum Gasteiger partial charge on any atom is -0.467 e. The Morgan fingerprint density at radius 2 is 2.21 bits per heavy atom. The van der Waals surface area contributed by atoms with Crippen molar-refractivity contribution < 1.29 is 14.3 Å². The van der Waals surface area contributed by atoms with Crippen molar-refractivity contribution in [2.24, 2.45) is 0 Å². The highest BCUT2D eigenvalue weighted by molar-refractivity contribution is 5.94. The molecule has 1 fully saturated rings. The van der Waals surface area contributed by atoms with Gasteiger partial charge >= 0.3 is 0 Å². The van der Waals surface area contributed by atoms with E-state index < -0.39 is 0 Å². The Bertz CT molecular complexity index is 654. The van der Waals surface area contributed by atoms with E-state index in [9.17, 15) is 9.90 Å². The summed E-state index contributed by atoms with van der Waals surface area (Å²) < 4.78 is 5.22. The molecule has 1 aromatic heterocycles. The molecule has 2 N–H and O–H groups in total. The number of likely N-dealkylation sites (tertiary alicyclic amines) is 1. The number of carbonyl (C=O) groups is 1. The molecule has 5 heteroatoms. The lowest BCUT2D eigenvalue weighted by atomic mass is 10.0. The molecule has 0 saturated carbocycles. The third kappa shape index (κ3) is 4.24. The van der Waals surface area contributed by atoms with Gasteiger partial charge in [-0.2, -0.15) is 0 Å². The number of nitrogens with zero attached hydrogens (tertiary/aromatic N) is 1. The summed E-state index contributed by atoms with van der Waals surface area (Å²) in [6.07, 6.45) is 4.98. The Balaban J connectivity index is 1.61. The predicted octanol–water partition coefficient (Wildman–Crippen LogP) is 2.56. The number of nitrogens with one attached hydrogen (secondary N) is 1. The van der Waals surface area contributed by atoms with Crippen LogP contribution in [0.3, 0.4) is 0 Å². The van der Waals surface area contributed by atoms with E-state index in [0.717, 1.165) is 30.8 Å². The van der Waals surface area contributed by atoms with Crippen molar-refractivity contribution in [2.45, 2.75) is 38.4 Å². The quantitative estimate of drug-likeness (QED) is 0.855. The molecule has 1 atom stereocenters. The zero-order valence-corrected chi connectivity index (χ0v) is 13.8. The Hall–Kier alpha value is -2.11. The van der Waals surface area contributed by atoms with Gasteiger partial charge in [-0.05, 0) is 49.2 Å². The highest BCUT2D eigenvalue weighted by Crippen LogP contribution is 2.19. The van der Waals surface area contributed by atoms with Crippen LogP contribution in [-0.4, -0.2) is 35.1 Å². The van der Waals surface area contributed by atoms with E-state index in [1.807, 2.05) is 30.3 Å². The second-order valence-corrected chi connectivity index (χ2v) is 6.27. The second kappa shape index (κ2) is 8.13. The van der Waals surface area contributed by atoms with Crippen molar-refractivity contribution in [1.29, 1.82) is 0 Å². The van der Waals surface area contributed by atoms with Crippen LogP contribution in [0.15, 0.2) is 47.1 Å². The summed E-state index contributed by atoms with van der Waals surface area (Å²) in [5.74, 6) is 0.629. The van der Waals surface area contributed by atoms with Gasteiger partial charge in [-0.1, -0.05) is 18.6 Å². The number of hydrogen-bond acceptors (Lipinski definition) is 4. The van der Waals surface area contributed by atoms with Gasteiger partial charge in [0.25, 0.3) is 5.91 Å². The molecule has 0 radical (unpaired) electrons. The smallest absolute Gasteiger partial charge is 0.251 e. The summed E-state index contributed by atoms with van der Waals surface area (Å²) in [7, 11) is 0. The molecule has 1 aromatic carbocycles. The molecule has 1 unspecified atom stereocenters. The van der Waals surface area contributed by atoms with Crippen LogP contribution in [0.4, 0.5) is 0 Å². The maximum absolute atomic E-state index is 12.3. The molecule has 2 aromatic rings. The molecular formula is C19H24N2O3. The molecule has 3 rings (SSSR count). The molecule has 24 heavy (non-hydrogen) atoms. The third-order valence-corrected chi connectivity index (χ3v) is 4.54. The van der Waals surface area contributed by atoms with E-state index in [0.29, 0.717) is 12.1 Å². The van der Waals surface area contributed by atoms with Gasteiger partial charge in [0.1, 0.15) is 5.76 Å². The number of benzene rings is 1. The minimum atomic E-state index is -0.106. The van der Waals surface area contributed by atoms with Gasteiger partial charge in [0.15, 0.2) is 0 Å². The lowest BCUT2D eigenvalue weighted by Gasteiger charge is -2.34. The molecule has 0 bridgehead atoms. The van der Waals surface area contributed by atoms with Crippen molar-refractivity contribution in [3.63, 3.8) is 0 Å². The number of amides is 1. The summed E-state index contributed by atoms with van der Waals surface area (Å²) in [4.78, 5) is 14.6. The molecule has 128 valence electrons. The monoisotopic (exact) mass is 328 g/mol. The van der Waals surface area contributed by atoms with Crippen LogP contribution in [0.2, 0.25) is 0 Å². The van der Waals surface area contributed by atoms with Crippen LogP contribution in [0, 0.1) is 0 Å². The summed E-state index contributed by atoms with van der Waals surface area (Å²) in [6, 6.07) is 11.6. The normalized spacial score (nSPS) is 18.5. The van der Waals surface area contributed by atoms with Gasteiger partial charge in [-0.25, -0.2) is 0 Å². The molecule has 1 saturated heterocycles. The number of aliphatic hydroxyl groups is 1. The first kappa shape index (κ1) is 16.7. The van der Waals surface area contributed by atoms with Gasteiger partial charge in [0, 0.05) is 18.2 Å². The van der Waals surface area contributed by atoms with Gasteiger partial charge in [-0.3, -0.25) is 9.69 Å². The molecule has 0 spiro atoms. The van der Waals surface area contributed by atoms with Gasteiger partial charge < -0.3 is 14.8 Å². The van der Waals surface area contributed by atoms with Crippen LogP contribution in [0.25, 0.3) is 0 Å². The van der Waals surface area contributed by atoms with Gasteiger partial charge in [0.2, 0.25) is 0 Å². The Morgan fingerprint density at radius 3 is 3.00 bits per heavy atom. The van der Waals surface area contributed by atoms with Gasteiger partial charge in [-0.15, -0.1) is 0 Å². The molecule has 5 nitrogen and oxygen atoms in total. The Labute approximate surface area is 142 Å². The number of furan rings is 1. The maximum atomic E-state index is 12.3. The number of carbonyl (C=O) groups excluding carboxylic acids is 1. The van der Waals surface area contributed by atoms with E-state index in [4.69, 9.17) is 4.42 Å².